The molecule has 0 radical (unpaired) electrons. The number of nitrogens with zero attached hydrogens (tertiary/aromatic N) is 2. The van der Waals surface area contributed by atoms with E-state index in [4.69, 9.17) is 0 Å². The van der Waals surface area contributed by atoms with Gasteiger partial charge in [-0.1, -0.05) is 24.3 Å². The lowest BCUT2D eigenvalue weighted by atomic mass is 9.83. The number of amides is 4. The molecule has 0 bridgehead atoms. The molecule has 16 N–H and O–H groups in total. The van der Waals surface area contributed by atoms with Crippen LogP contribution in [-0.2, 0) is 70.6 Å². The van der Waals surface area contributed by atoms with Crippen molar-refractivity contribution < 1.29 is 147 Å². The smallest absolute Gasteiger partial charge is 0.303 e. The van der Waals surface area contributed by atoms with Crippen LogP contribution >= 0.6 is 0 Å². The summed E-state index contributed by atoms with van der Waals surface area (Å²) in [6.45, 7) is -0.500. The van der Waals surface area contributed by atoms with Crippen molar-refractivity contribution in [1.82, 2.24) is 21.3 Å². The van der Waals surface area contributed by atoms with E-state index < -0.39 is 272 Å². The molecule has 34 heteroatoms. The zero-order chi connectivity index (χ0) is 72.1. The number of carboxylic acid groups (broad SMARTS) is 12. The summed E-state index contributed by atoms with van der Waals surface area (Å²) in [5.41, 5.74) is -8.00. The van der Waals surface area contributed by atoms with Crippen LogP contribution in [0.1, 0.15) is 207 Å². The molecule has 0 aliphatic heterocycles. The van der Waals surface area contributed by atoms with Gasteiger partial charge in [-0.2, -0.15) is 9.13 Å². The second-order valence-electron chi connectivity index (χ2n) is 23.5. The summed E-state index contributed by atoms with van der Waals surface area (Å²) in [6.07, 6.45) is -8.97. The van der Waals surface area contributed by atoms with Gasteiger partial charge in [-0.25, -0.2) is 0 Å². The van der Waals surface area contributed by atoms with E-state index in [-0.39, 0.29) is 35.3 Å². The van der Waals surface area contributed by atoms with Crippen molar-refractivity contribution in [2.45, 2.75) is 189 Å². The first-order chi connectivity index (χ1) is 44.9. The third-order valence-corrected chi connectivity index (χ3v) is 16.0. The van der Waals surface area contributed by atoms with Crippen molar-refractivity contribution in [3.05, 3.63) is 94.6 Å². The maximum atomic E-state index is 14.5. The Kier molecular flexibility index (Phi) is 30.6. The molecule has 0 aliphatic carbocycles. The number of carboxylic acids is 12. The van der Waals surface area contributed by atoms with E-state index in [1.165, 1.54) is 58.2 Å². The van der Waals surface area contributed by atoms with Crippen molar-refractivity contribution in [2.75, 3.05) is 0 Å². The molecule has 96 heavy (non-hydrogen) atoms. The van der Waals surface area contributed by atoms with Gasteiger partial charge in [0.15, 0.2) is 37.9 Å². The Hall–Kier alpha value is -11.0. The minimum Gasteiger partial charge on any atom is -0.481 e. The van der Waals surface area contributed by atoms with E-state index in [1.54, 1.807) is 0 Å². The SMILES string of the molecule is O=C(O)CCC(CCC(=O)O)(CCC(=O)O)NC(=O)c1cc(C(=O)NC(CCC(=O)O)(CCC(=O)O)CCC(=O)O)c[n+](Cc2ccc(C[n+]3cc(C(=O)NC(CCC(=O)O)(CCC(=O)O)CCC(=O)O)cc(C(=O)NC(CCC(=O)O)(CCC(=O)O)CCC(=O)O)c3)cc2)c1. The van der Waals surface area contributed by atoms with Crippen LogP contribution in [-0.4, -0.2) is 179 Å². The van der Waals surface area contributed by atoms with Gasteiger partial charge in [0.25, 0.3) is 23.6 Å². The Labute approximate surface area is 546 Å². The fourth-order valence-corrected chi connectivity index (χ4v) is 10.8. The molecule has 2 aromatic heterocycles. The highest BCUT2D eigenvalue weighted by molar-refractivity contribution is 6.00. The first-order valence-electron chi connectivity index (χ1n) is 29.9. The second kappa shape index (κ2) is 37.1. The molecule has 1 aromatic carbocycles. The number of hydrogen-bond donors (Lipinski definition) is 16. The van der Waals surface area contributed by atoms with Crippen LogP contribution in [0.5, 0.6) is 0 Å². The van der Waals surface area contributed by atoms with E-state index >= 15 is 0 Å². The maximum absolute atomic E-state index is 14.5. The average Bonchev–Trinajstić information content (AvgIpc) is 0.816. The molecule has 0 atom stereocenters. The Morgan fingerprint density at radius 1 is 0.250 bits per heavy atom. The molecule has 34 nitrogen and oxygen atoms in total. The molecule has 522 valence electrons. The molecule has 3 rings (SSSR count). The molecule has 4 amide bonds. The number of carbonyl (C=O) groups is 16. The third-order valence-electron chi connectivity index (χ3n) is 16.0. The third kappa shape index (κ3) is 28.9. The highest BCUT2D eigenvalue weighted by Crippen LogP contribution is 2.31. The quantitative estimate of drug-likeness (QED) is 0.0361. The number of hydrogen-bond acceptors (Lipinski definition) is 16. The van der Waals surface area contributed by atoms with E-state index in [9.17, 15) is 138 Å². The lowest BCUT2D eigenvalue weighted by Gasteiger charge is -2.34. The number of benzene rings is 1. The Bertz CT molecular complexity index is 2830. The van der Waals surface area contributed by atoms with Gasteiger partial charge >= 0.3 is 71.6 Å². The lowest BCUT2D eigenvalue weighted by molar-refractivity contribution is -0.689. The molecule has 2 heterocycles. The molecule has 0 saturated carbocycles. The molecule has 0 unspecified atom stereocenters. The summed E-state index contributed by atoms with van der Waals surface area (Å²) in [5.74, 6) is -21.0. The predicted molar refractivity (Wildman–Crippen MR) is 321 cm³/mol. The van der Waals surface area contributed by atoms with E-state index in [0.29, 0.717) is 11.1 Å². The standard InChI is InChI=1S/C62H76N6O28/c69-43(70)5-17-59(18-6-44(71)72,19-7-45(73)74)63-55(93)39-29-40(56(94)64-60(20-8-46(75)76,21-9-47(77)78)22-10-48(79)80)34-67(33-39)31-37-1-2-38(4-3-37)32-68-35-41(57(95)65-61(23-11-49(81)82,24-12-50(83)84)25-13-51(85)86)30-42(36-68)58(96)66-62(26-14-52(87)88,27-15-53(89)90)28-16-54(91)92/h1-4,29-30,33-36H,5-28,31-32H2,(H14-2,63,64,65,66,69,70,71,72,73,74,75,76,77,78,79,80,81,82,83,84,85,86,87,88,89,90,91,92,93,94,95,96)/p+2. The predicted octanol–water partition coefficient (Wildman–Crippen LogP) is 2.61. The molecular weight excluding hydrogens is 1280 g/mol. The highest BCUT2D eigenvalue weighted by atomic mass is 16.4. The molecule has 0 spiro atoms. The summed E-state index contributed by atoms with van der Waals surface area (Å²) in [4.78, 5) is 200. The summed E-state index contributed by atoms with van der Waals surface area (Å²) < 4.78 is 2.57. The number of aromatic nitrogens is 2. The number of nitrogens with one attached hydrogen (secondary N) is 4. The Balaban J connectivity index is 2.35. The van der Waals surface area contributed by atoms with Gasteiger partial charge in [0.2, 0.25) is 0 Å². The van der Waals surface area contributed by atoms with E-state index in [0.717, 1.165) is 12.1 Å². The van der Waals surface area contributed by atoms with Crippen LogP contribution in [0.3, 0.4) is 0 Å². The fraction of sp³-hybridized carbons (Fsp3) is 0.484. The van der Waals surface area contributed by atoms with Crippen molar-refractivity contribution in [2.24, 2.45) is 0 Å². The molecule has 0 aliphatic rings. The first kappa shape index (κ1) is 79.3. The summed E-state index contributed by atoms with van der Waals surface area (Å²) >= 11 is 0. The Morgan fingerprint density at radius 2 is 0.385 bits per heavy atom. The van der Waals surface area contributed by atoms with Crippen LogP contribution < -0.4 is 30.4 Å². The minimum atomic E-state index is -1.80. The summed E-state index contributed by atoms with van der Waals surface area (Å²) in [6, 6.07) is 8.11. The summed E-state index contributed by atoms with van der Waals surface area (Å²) in [7, 11) is 0. The van der Waals surface area contributed by atoms with Crippen molar-refractivity contribution in [1.29, 1.82) is 0 Å². The topological polar surface area (TPSA) is 572 Å². The molecule has 3 aromatic rings. The van der Waals surface area contributed by atoms with E-state index in [2.05, 4.69) is 21.3 Å². The lowest BCUT2D eigenvalue weighted by Crippen LogP contribution is -2.51. The van der Waals surface area contributed by atoms with Crippen molar-refractivity contribution >= 4 is 95.3 Å². The van der Waals surface area contributed by atoms with Gasteiger partial charge in [-0.05, 0) is 89.2 Å². The van der Waals surface area contributed by atoms with Crippen LogP contribution in [0, 0.1) is 0 Å². The average molecular weight is 1360 g/mol. The van der Waals surface area contributed by atoms with Gasteiger partial charge in [0.05, 0.1) is 0 Å². The number of carbonyl (C=O) groups excluding carboxylic acids is 4. The van der Waals surface area contributed by atoms with Gasteiger partial charge in [0.1, 0.15) is 22.3 Å². The number of rotatable bonds is 48. The van der Waals surface area contributed by atoms with Crippen molar-refractivity contribution in [3.63, 3.8) is 0 Å². The maximum Gasteiger partial charge on any atom is 0.303 e. The zero-order valence-electron chi connectivity index (χ0n) is 52.0. The molecular formula is C62H78N6O28+2. The number of pyridine rings is 2. The van der Waals surface area contributed by atoms with Crippen molar-refractivity contribution in [3.8, 4) is 0 Å². The van der Waals surface area contributed by atoms with Crippen LogP contribution in [0.25, 0.3) is 0 Å². The first-order valence-corrected chi connectivity index (χ1v) is 29.9. The van der Waals surface area contributed by atoms with Crippen LogP contribution in [0.15, 0.2) is 61.2 Å². The fourth-order valence-electron chi connectivity index (χ4n) is 10.8. The monoisotopic (exact) mass is 1350 g/mol. The van der Waals surface area contributed by atoms with Gasteiger partial charge in [0, 0.05) is 110 Å². The second-order valence-corrected chi connectivity index (χ2v) is 23.5. The molecule has 0 fully saturated rings. The van der Waals surface area contributed by atoms with Gasteiger partial charge < -0.3 is 82.5 Å². The van der Waals surface area contributed by atoms with Crippen LogP contribution in [0.2, 0.25) is 0 Å². The van der Waals surface area contributed by atoms with Gasteiger partial charge in [-0.3, -0.25) is 76.7 Å². The number of aliphatic carboxylic acids is 12. The molecule has 0 saturated heterocycles. The summed E-state index contributed by atoms with van der Waals surface area (Å²) in [5, 5.41) is 126. The van der Waals surface area contributed by atoms with Crippen LogP contribution in [0.4, 0.5) is 0 Å². The largest absolute Gasteiger partial charge is 0.481 e. The minimum absolute atomic E-state index is 0.250. The zero-order valence-corrected chi connectivity index (χ0v) is 52.0. The van der Waals surface area contributed by atoms with E-state index in [1.807, 2.05) is 0 Å². The normalized spacial score (nSPS) is 11.5. The highest BCUT2D eigenvalue weighted by Gasteiger charge is 2.40. The Morgan fingerprint density at radius 3 is 0.510 bits per heavy atom. The van der Waals surface area contributed by atoms with Gasteiger partial charge in [-0.15, -0.1) is 0 Å².